The summed E-state index contributed by atoms with van der Waals surface area (Å²) in [6.07, 6.45) is 0.216. The maximum atomic E-state index is 5.71. The highest BCUT2D eigenvalue weighted by atomic mass is 16.5. The highest BCUT2D eigenvalue weighted by Gasteiger charge is 2.13. The average Bonchev–Trinajstić information content (AvgIpc) is 2.63. The largest absolute Gasteiger partial charge is 0.380 e. The van der Waals surface area contributed by atoms with Gasteiger partial charge in [-0.3, -0.25) is 0 Å². The number of rotatable bonds is 4. The maximum Gasteiger partial charge on any atom is 0.0722 e. The van der Waals surface area contributed by atoms with Crippen LogP contribution in [-0.4, -0.2) is 17.8 Å². The van der Waals surface area contributed by atoms with Crippen LogP contribution in [0.25, 0.3) is 10.9 Å². The Balaban J connectivity index is 2.56. The molecule has 3 nitrogen and oxygen atoms in total. The van der Waals surface area contributed by atoms with E-state index in [-0.39, 0.29) is 6.10 Å². The predicted octanol–water partition coefficient (Wildman–Crippen LogP) is 2.75. The van der Waals surface area contributed by atoms with E-state index in [2.05, 4.69) is 43.5 Å². The summed E-state index contributed by atoms with van der Waals surface area (Å²) in [7, 11) is 1.76. The van der Waals surface area contributed by atoms with E-state index in [1.54, 1.807) is 7.11 Å². The summed E-state index contributed by atoms with van der Waals surface area (Å²) in [5.41, 5.74) is 10.8. The third-order valence-electron chi connectivity index (χ3n) is 3.78. The van der Waals surface area contributed by atoms with Gasteiger partial charge in [0.1, 0.15) is 0 Å². The Morgan fingerprint density at radius 2 is 2.06 bits per heavy atom. The molecule has 18 heavy (non-hydrogen) atoms. The van der Waals surface area contributed by atoms with Crippen LogP contribution in [-0.2, 0) is 17.8 Å². The molecule has 2 aromatic rings. The Kier molecular flexibility index (Phi) is 3.73. The summed E-state index contributed by atoms with van der Waals surface area (Å²) in [4.78, 5) is 0. The first-order chi connectivity index (χ1) is 8.58. The number of nitrogens with two attached hydrogens (primary N) is 1. The van der Waals surface area contributed by atoms with Crippen molar-refractivity contribution in [3.8, 4) is 0 Å². The van der Waals surface area contributed by atoms with Gasteiger partial charge in [-0.2, -0.15) is 0 Å². The van der Waals surface area contributed by atoms with Crippen LogP contribution < -0.4 is 5.73 Å². The maximum absolute atomic E-state index is 5.71. The van der Waals surface area contributed by atoms with E-state index in [9.17, 15) is 0 Å². The van der Waals surface area contributed by atoms with Gasteiger partial charge in [-0.25, -0.2) is 0 Å². The molecular weight excluding hydrogens is 224 g/mol. The summed E-state index contributed by atoms with van der Waals surface area (Å²) in [6, 6.07) is 6.47. The van der Waals surface area contributed by atoms with Crippen molar-refractivity contribution in [3.05, 3.63) is 35.0 Å². The standard InChI is InChI=1S/C15H22N2O/c1-10(18-4)9-17-12(3)11(2)14-7-13(8-16)5-6-15(14)17/h5-7,10H,8-9,16H2,1-4H3. The molecule has 2 rings (SSSR count). The van der Waals surface area contributed by atoms with Gasteiger partial charge in [0.05, 0.1) is 6.10 Å². The molecule has 0 spiro atoms. The Hall–Kier alpha value is -1.32. The molecule has 0 amide bonds. The van der Waals surface area contributed by atoms with Gasteiger partial charge < -0.3 is 15.0 Å². The molecule has 1 unspecified atom stereocenters. The lowest BCUT2D eigenvalue weighted by molar-refractivity contribution is 0.104. The second kappa shape index (κ2) is 5.12. The number of methoxy groups -OCH3 is 1. The zero-order valence-corrected chi connectivity index (χ0v) is 11.7. The molecular formula is C15H22N2O. The summed E-state index contributed by atoms with van der Waals surface area (Å²) >= 11 is 0. The summed E-state index contributed by atoms with van der Waals surface area (Å²) in [6.45, 7) is 7.91. The number of ether oxygens (including phenoxy) is 1. The van der Waals surface area contributed by atoms with Crippen molar-refractivity contribution < 1.29 is 4.74 Å². The van der Waals surface area contributed by atoms with Crippen molar-refractivity contribution >= 4 is 10.9 Å². The van der Waals surface area contributed by atoms with E-state index in [4.69, 9.17) is 10.5 Å². The fourth-order valence-electron chi connectivity index (χ4n) is 2.39. The van der Waals surface area contributed by atoms with E-state index in [0.717, 1.165) is 6.54 Å². The van der Waals surface area contributed by atoms with Crippen molar-refractivity contribution in [2.75, 3.05) is 7.11 Å². The molecule has 1 aromatic heterocycles. The zero-order chi connectivity index (χ0) is 13.3. The summed E-state index contributed by atoms with van der Waals surface area (Å²) < 4.78 is 7.70. The molecule has 0 saturated carbocycles. The van der Waals surface area contributed by atoms with Gasteiger partial charge in [0.15, 0.2) is 0 Å². The van der Waals surface area contributed by atoms with Crippen LogP contribution in [0, 0.1) is 13.8 Å². The summed E-state index contributed by atoms with van der Waals surface area (Å²) in [5.74, 6) is 0. The summed E-state index contributed by atoms with van der Waals surface area (Å²) in [5, 5.41) is 1.30. The molecule has 0 aliphatic carbocycles. The average molecular weight is 246 g/mol. The van der Waals surface area contributed by atoms with E-state index in [1.165, 1.54) is 27.7 Å². The highest BCUT2D eigenvalue weighted by Crippen LogP contribution is 2.26. The molecule has 0 saturated heterocycles. The number of nitrogens with zero attached hydrogens (tertiary/aromatic N) is 1. The lowest BCUT2D eigenvalue weighted by atomic mass is 10.1. The smallest absolute Gasteiger partial charge is 0.0722 e. The first kappa shape index (κ1) is 13.1. The van der Waals surface area contributed by atoms with Crippen LogP contribution in [0.5, 0.6) is 0 Å². The lowest BCUT2D eigenvalue weighted by Crippen LogP contribution is -2.15. The monoisotopic (exact) mass is 246 g/mol. The van der Waals surface area contributed by atoms with Crippen LogP contribution in [0.15, 0.2) is 18.2 Å². The second-order valence-electron chi connectivity index (χ2n) is 4.92. The third-order valence-corrected chi connectivity index (χ3v) is 3.78. The molecule has 1 atom stereocenters. The van der Waals surface area contributed by atoms with Crippen molar-refractivity contribution in [1.82, 2.24) is 4.57 Å². The van der Waals surface area contributed by atoms with Crippen molar-refractivity contribution in [2.45, 2.75) is 40.0 Å². The van der Waals surface area contributed by atoms with E-state index < -0.39 is 0 Å². The van der Waals surface area contributed by atoms with Gasteiger partial charge in [-0.15, -0.1) is 0 Å². The second-order valence-corrected chi connectivity index (χ2v) is 4.92. The van der Waals surface area contributed by atoms with E-state index in [1.807, 2.05) is 0 Å². The van der Waals surface area contributed by atoms with Crippen molar-refractivity contribution in [3.63, 3.8) is 0 Å². The zero-order valence-electron chi connectivity index (χ0n) is 11.7. The number of hydrogen-bond acceptors (Lipinski definition) is 2. The highest BCUT2D eigenvalue weighted by molar-refractivity contribution is 5.86. The first-order valence-electron chi connectivity index (χ1n) is 6.39. The van der Waals surface area contributed by atoms with Gasteiger partial charge >= 0.3 is 0 Å². The molecule has 0 bridgehead atoms. The number of fused-ring (bicyclic) bond motifs is 1. The molecule has 0 aliphatic rings. The van der Waals surface area contributed by atoms with Crippen LogP contribution >= 0.6 is 0 Å². The minimum Gasteiger partial charge on any atom is -0.380 e. The van der Waals surface area contributed by atoms with Crippen LogP contribution in [0.3, 0.4) is 0 Å². The molecule has 2 N–H and O–H groups in total. The van der Waals surface area contributed by atoms with Crippen molar-refractivity contribution in [1.29, 1.82) is 0 Å². The van der Waals surface area contributed by atoms with Crippen LogP contribution in [0.1, 0.15) is 23.7 Å². The van der Waals surface area contributed by atoms with E-state index >= 15 is 0 Å². The number of aryl methyl sites for hydroxylation is 1. The molecule has 0 radical (unpaired) electrons. The molecule has 98 valence electrons. The quantitative estimate of drug-likeness (QED) is 0.901. The SMILES string of the molecule is COC(C)Cn1c(C)c(C)c2cc(CN)ccc21. The predicted molar refractivity (Wildman–Crippen MR) is 75.8 cm³/mol. The Bertz CT molecular complexity index is 557. The number of benzene rings is 1. The van der Waals surface area contributed by atoms with Crippen LogP contribution in [0.2, 0.25) is 0 Å². The molecule has 1 heterocycles. The third kappa shape index (κ3) is 2.16. The van der Waals surface area contributed by atoms with Gasteiger partial charge in [0.25, 0.3) is 0 Å². The van der Waals surface area contributed by atoms with Gasteiger partial charge in [-0.05, 0) is 44.0 Å². The van der Waals surface area contributed by atoms with Gasteiger partial charge in [-0.1, -0.05) is 6.07 Å². The minimum atomic E-state index is 0.216. The molecule has 0 fully saturated rings. The normalized spacial score (nSPS) is 13.2. The van der Waals surface area contributed by atoms with E-state index in [0.29, 0.717) is 6.54 Å². The van der Waals surface area contributed by atoms with Gasteiger partial charge in [0, 0.05) is 36.8 Å². The first-order valence-corrected chi connectivity index (χ1v) is 6.39. The topological polar surface area (TPSA) is 40.2 Å². The molecule has 0 aliphatic heterocycles. The van der Waals surface area contributed by atoms with Crippen LogP contribution in [0.4, 0.5) is 0 Å². The van der Waals surface area contributed by atoms with Crippen molar-refractivity contribution in [2.24, 2.45) is 5.73 Å². The fraction of sp³-hybridized carbons (Fsp3) is 0.467. The fourth-order valence-corrected chi connectivity index (χ4v) is 2.39. The number of hydrogen-bond donors (Lipinski definition) is 1. The lowest BCUT2D eigenvalue weighted by Gasteiger charge is -2.14. The number of aromatic nitrogens is 1. The Labute approximate surface area is 109 Å². The Morgan fingerprint density at radius 1 is 1.33 bits per heavy atom. The van der Waals surface area contributed by atoms with Gasteiger partial charge in [0.2, 0.25) is 0 Å². The minimum absolute atomic E-state index is 0.216. The molecule has 1 aromatic carbocycles. The Morgan fingerprint density at radius 3 is 2.67 bits per heavy atom. The molecule has 3 heteroatoms.